The maximum Gasteiger partial charge on any atom is 0.326 e. The van der Waals surface area contributed by atoms with Gasteiger partial charge in [-0.15, -0.1) is 0 Å². The fourth-order valence-electron chi connectivity index (χ4n) is 3.09. The molecular weight excluding hydrogens is 494 g/mol. The monoisotopic (exact) mass is 523 g/mol. The first-order valence-electron chi connectivity index (χ1n) is 11.0. The number of benzene rings is 1. The highest BCUT2D eigenvalue weighted by atomic mass is 16.4. The number of hydrogen-bond acceptors (Lipinski definition) is 8. The summed E-state index contributed by atoms with van der Waals surface area (Å²) in [7, 11) is 0. The second-order valence-corrected chi connectivity index (χ2v) is 8.02. The maximum absolute atomic E-state index is 12.9. The van der Waals surface area contributed by atoms with Crippen molar-refractivity contribution in [2.75, 3.05) is 0 Å². The first-order valence-corrected chi connectivity index (χ1v) is 11.0. The SMILES string of the molecule is NC(=O)CCC(NC(=O)C(Cc1ccccc1)NC(=O)C(CC(=O)O)NC(=O)C(N)CC(=O)O)C(=O)O. The third-order valence-corrected chi connectivity index (χ3v) is 4.95. The molecule has 0 fully saturated rings. The van der Waals surface area contributed by atoms with Gasteiger partial charge in [0, 0.05) is 12.8 Å². The molecule has 0 bridgehead atoms. The summed E-state index contributed by atoms with van der Waals surface area (Å²) >= 11 is 0. The van der Waals surface area contributed by atoms with Crippen molar-refractivity contribution in [1.29, 1.82) is 0 Å². The minimum Gasteiger partial charge on any atom is -0.481 e. The quantitative estimate of drug-likeness (QED) is 0.110. The lowest BCUT2D eigenvalue weighted by Crippen LogP contribution is -2.58. The number of carbonyl (C=O) groups is 7. The Kier molecular flexibility index (Phi) is 12.2. The van der Waals surface area contributed by atoms with E-state index in [1.54, 1.807) is 30.3 Å². The molecule has 10 N–H and O–H groups in total. The van der Waals surface area contributed by atoms with Crippen LogP contribution in [-0.4, -0.2) is 81.0 Å². The summed E-state index contributed by atoms with van der Waals surface area (Å²) < 4.78 is 0. The average Bonchev–Trinajstić information content (AvgIpc) is 2.80. The molecule has 0 radical (unpaired) electrons. The van der Waals surface area contributed by atoms with E-state index in [4.69, 9.17) is 21.7 Å². The highest BCUT2D eigenvalue weighted by Crippen LogP contribution is 2.07. The molecule has 1 aromatic rings. The van der Waals surface area contributed by atoms with Gasteiger partial charge in [0.25, 0.3) is 0 Å². The van der Waals surface area contributed by atoms with Crippen molar-refractivity contribution in [3.8, 4) is 0 Å². The van der Waals surface area contributed by atoms with Gasteiger partial charge in [0.05, 0.1) is 18.9 Å². The molecule has 1 rings (SSSR count). The number of nitrogens with one attached hydrogen (secondary N) is 3. The molecule has 4 atom stereocenters. The van der Waals surface area contributed by atoms with Gasteiger partial charge in [-0.05, 0) is 12.0 Å². The van der Waals surface area contributed by atoms with E-state index in [1.807, 2.05) is 0 Å². The molecule has 0 aliphatic rings. The van der Waals surface area contributed by atoms with Gasteiger partial charge in [-0.2, -0.15) is 0 Å². The summed E-state index contributed by atoms with van der Waals surface area (Å²) in [5.74, 6) is -8.31. The molecule has 0 saturated carbocycles. The van der Waals surface area contributed by atoms with Crippen LogP contribution >= 0.6 is 0 Å². The fraction of sp³-hybridized carbons (Fsp3) is 0.409. The summed E-state index contributed by atoms with van der Waals surface area (Å²) in [4.78, 5) is 82.6. The van der Waals surface area contributed by atoms with E-state index in [0.717, 1.165) is 0 Å². The number of aliphatic carboxylic acids is 3. The van der Waals surface area contributed by atoms with Crippen molar-refractivity contribution in [1.82, 2.24) is 16.0 Å². The molecule has 37 heavy (non-hydrogen) atoms. The predicted octanol–water partition coefficient (Wildman–Crippen LogP) is -2.69. The van der Waals surface area contributed by atoms with Crippen molar-refractivity contribution in [3.63, 3.8) is 0 Å². The van der Waals surface area contributed by atoms with Crippen molar-refractivity contribution in [2.45, 2.75) is 56.3 Å². The van der Waals surface area contributed by atoms with Gasteiger partial charge in [-0.25, -0.2) is 4.79 Å². The Morgan fingerprint density at radius 1 is 0.730 bits per heavy atom. The minimum absolute atomic E-state index is 0.146. The molecule has 4 unspecified atom stereocenters. The van der Waals surface area contributed by atoms with Crippen LogP contribution in [0.2, 0.25) is 0 Å². The smallest absolute Gasteiger partial charge is 0.326 e. The van der Waals surface area contributed by atoms with Crippen LogP contribution in [0.4, 0.5) is 0 Å². The molecule has 4 amide bonds. The Bertz CT molecular complexity index is 1020. The number of primary amides is 1. The van der Waals surface area contributed by atoms with Crippen LogP contribution in [0.5, 0.6) is 0 Å². The van der Waals surface area contributed by atoms with Crippen molar-refractivity contribution < 1.29 is 48.9 Å². The van der Waals surface area contributed by atoms with Crippen LogP contribution in [0.1, 0.15) is 31.2 Å². The first kappa shape index (κ1) is 30.5. The van der Waals surface area contributed by atoms with Crippen molar-refractivity contribution >= 4 is 41.5 Å². The average molecular weight is 523 g/mol. The molecule has 0 spiro atoms. The topological polar surface area (TPSA) is 268 Å². The fourth-order valence-corrected chi connectivity index (χ4v) is 3.09. The largest absolute Gasteiger partial charge is 0.481 e. The molecule has 0 aliphatic heterocycles. The van der Waals surface area contributed by atoms with Crippen molar-refractivity contribution in [2.24, 2.45) is 11.5 Å². The van der Waals surface area contributed by atoms with E-state index in [9.17, 15) is 38.7 Å². The summed E-state index contributed by atoms with van der Waals surface area (Å²) in [6.07, 6.45) is -2.51. The summed E-state index contributed by atoms with van der Waals surface area (Å²) in [6, 6.07) is 1.98. The second kappa shape index (κ2) is 14.8. The molecule has 15 heteroatoms. The number of carboxylic acid groups (broad SMARTS) is 3. The van der Waals surface area contributed by atoms with Crippen molar-refractivity contribution in [3.05, 3.63) is 35.9 Å². The van der Waals surface area contributed by atoms with E-state index in [1.165, 1.54) is 0 Å². The van der Waals surface area contributed by atoms with Crippen LogP contribution in [-0.2, 0) is 40.0 Å². The van der Waals surface area contributed by atoms with Crippen LogP contribution in [0.3, 0.4) is 0 Å². The summed E-state index contributed by atoms with van der Waals surface area (Å²) in [5.41, 5.74) is 11.0. The lowest BCUT2D eigenvalue weighted by atomic mass is 10.0. The Labute approximate surface area is 210 Å². The number of amides is 4. The zero-order valence-corrected chi connectivity index (χ0v) is 19.6. The Balaban J connectivity index is 3.13. The number of hydrogen-bond donors (Lipinski definition) is 8. The number of carboxylic acids is 3. The number of nitrogens with two attached hydrogens (primary N) is 2. The highest BCUT2D eigenvalue weighted by molar-refractivity contribution is 5.96. The van der Waals surface area contributed by atoms with Crippen LogP contribution in [0, 0.1) is 0 Å². The van der Waals surface area contributed by atoms with E-state index in [2.05, 4.69) is 16.0 Å². The third kappa shape index (κ3) is 11.6. The molecule has 0 aromatic heterocycles. The van der Waals surface area contributed by atoms with Gasteiger partial charge >= 0.3 is 17.9 Å². The van der Waals surface area contributed by atoms with E-state index >= 15 is 0 Å². The molecule has 0 heterocycles. The third-order valence-electron chi connectivity index (χ3n) is 4.95. The van der Waals surface area contributed by atoms with Gasteiger partial charge in [0.2, 0.25) is 23.6 Å². The summed E-state index contributed by atoms with van der Waals surface area (Å²) in [5, 5.41) is 33.9. The first-order chi connectivity index (χ1) is 17.3. The predicted molar refractivity (Wildman–Crippen MR) is 124 cm³/mol. The Morgan fingerprint density at radius 2 is 1.24 bits per heavy atom. The normalized spacial score (nSPS) is 13.8. The molecule has 15 nitrogen and oxygen atoms in total. The standard InChI is InChI=1S/C22H29N5O10/c23-12(9-17(29)30)19(33)26-15(10-18(31)32)21(35)27-14(8-11-4-2-1-3-5-11)20(34)25-13(22(36)37)6-7-16(24)28/h1-5,12-15H,6-10,23H2,(H2,24,28)(H,25,34)(H,26,33)(H,27,35)(H,29,30)(H,31,32)(H,36,37). The maximum atomic E-state index is 12.9. The second-order valence-electron chi connectivity index (χ2n) is 8.02. The van der Waals surface area contributed by atoms with Crippen LogP contribution in [0.15, 0.2) is 30.3 Å². The molecule has 0 aliphatic carbocycles. The Morgan fingerprint density at radius 3 is 1.76 bits per heavy atom. The molecule has 202 valence electrons. The number of rotatable bonds is 16. The van der Waals surface area contributed by atoms with E-state index < -0.39 is 78.5 Å². The van der Waals surface area contributed by atoms with Gasteiger partial charge in [-0.3, -0.25) is 28.8 Å². The lowest BCUT2D eigenvalue weighted by Gasteiger charge is -2.24. The molecule has 1 aromatic carbocycles. The zero-order valence-electron chi connectivity index (χ0n) is 19.6. The summed E-state index contributed by atoms with van der Waals surface area (Å²) in [6.45, 7) is 0. The Hall–Kier alpha value is -4.53. The molecule has 0 saturated heterocycles. The van der Waals surface area contributed by atoms with Crippen LogP contribution in [0.25, 0.3) is 0 Å². The van der Waals surface area contributed by atoms with Gasteiger partial charge in [0.15, 0.2) is 0 Å². The van der Waals surface area contributed by atoms with Gasteiger partial charge in [0.1, 0.15) is 18.1 Å². The lowest BCUT2D eigenvalue weighted by molar-refractivity contribution is -0.143. The molecular formula is C22H29N5O10. The van der Waals surface area contributed by atoms with Crippen LogP contribution < -0.4 is 27.4 Å². The number of carbonyl (C=O) groups excluding carboxylic acids is 4. The van der Waals surface area contributed by atoms with E-state index in [-0.39, 0.29) is 19.3 Å². The van der Waals surface area contributed by atoms with Gasteiger partial charge in [-0.1, -0.05) is 30.3 Å². The zero-order chi connectivity index (χ0) is 28.1. The minimum atomic E-state index is -1.74. The van der Waals surface area contributed by atoms with Gasteiger partial charge < -0.3 is 42.7 Å². The highest BCUT2D eigenvalue weighted by Gasteiger charge is 2.32. The van der Waals surface area contributed by atoms with E-state index in [0.29, 0.717) is 5.56 Å².